The normalized spacial score (nSPS) is 39.5. The number of ether oxygens (including phenoxy) is 1. The minimum absolute atomic E-state index is 0.0288. The largest absolute Gasteiger partial charge is 0.375 e. The van der Waals surface area contributed by atoms with Gasteiger partial charge in [-0.05, 0) is 19.3 Å². The van der Waals surface area contributed by atoms with Crippen molar-refractivity contribution in [2.24, 2.45) is 11.7 Å². The van der Waals surface area contributed by atoms with E-state index in [1.807, 2.05) is 0 Å². The number of morpholine rings is 1. The van der Waals surface area contributed by atoms with Gasteiger partial charge in [-0.25, -0.2) is 0 Å². The second-order valence-electron chi connectivity index (χ2n) is 3.88. The van der Waals surface area contributed by atoms with Gasteiger partial charge in [-0.15, -0.1) is 0 Å². The Morgan fingerprint density at radius 1 is 1.46 bits per heavy atom. The molecule has 3 N–H and O–H groups in total. The summed E-state index contributed by atoms with van der Waals surface area (Å²) in [6.45, 7) is 1.69. The predicted molar refractivity (Wildman–Crippen MR) is 48.1 cm³/mol. The van der Waals surface area contributed by atoms with E-state index in [1.54, 1.807) is 0 Å². The predicted octanol–water partition coefficient (Wildman–Crippen LogP) is -0.371. The SMILES string of the molecule is NC(=O)C1CCC2NCCOC2C1. The average Bonchev–Trinajstić information content (AvgIpc) is 2.17. The molecule has 1 saturated carbocycles. The van der Waals surface area contributed by atoms with Crippen molar-refractivity contribution in [3.05, 3.63) is 0 Å². The zero-order valence-electron chi connectivity index (χ0n) is 7.66. The Labute approximate surface area is 77.8 Å². The van der Waals surface area contributed by atoms with E-state index >= 15 is 0 Å². The van der Waals surface area contributed by atoms with Gasteiger partial charge in [0.2, 0.25) is 5.91 Å². The second-order valence-corrected chi connectivity index (χ2v) is 3.88. The van der Waals surface area contributed by atoms with Crippen LogP contribution < -0.4 is 11.1 Å². The fourth-order valence-electron chi connectivity index (χ4n) is 2.26. The van der Waals surface area contributed by atoms with Crippen molar-refractivity contribution in [2.45, 2.75) is 31.4 Å². The van der Waals surface area contributed by atoms with E-state index in [2.05, 4.69) is 5.32 Å². The van der Waals surface area contributed by atoms with Crippen molar-refractivity contribution in [1.29, 1.82) is 0 Å². The summed E-state index contributed by atoms with van der Waals surface area (Å²) in [6, 6.07) is 0.448. The molecule has 0 radical (unpaired) electrons. The van der Waals surface area contributed by atoms with Gasteiger partial charge in [-0.1, -0.05) is 0 Å². The van der Waals surface area contributed by atoms with Crippen LogP contribution in [0.15, 0.2) is 0 Å². The van der Waals surface area contributed by atoms with Crippen LogP contribution in [0, 0.1) is 5.92 Å². The molecular weight excluding hydrogens is 168 g/mol. The number of nitrogens with one attached hydrogen (secondary N) is 1. The number of fused-ring (bicyclic) bond motifs is 1. The number of nitrogens with two attached hydrogens (primary N) is 1. The molecule has 0 aromatic rings. The Bertz CT molecular complexity index is 208. The maximum absolute atomic E-state index is 11.0. The first kappa shape index (κ1) is 8.97. The molecule has 1 saturated heterocycles. The first-order valence-corrected chi connectivity index (χ1v) is 4.91. The molecule has 1 aliphatic carbocycles. The standard InChI is InChI=1S/C9H16N2O2/c10-9(12)6-1-2-7-8(5-6)13-4-3-11-7/h6-8,11H,1-5H2,(H2,10,12). The molecular formula is C9H16N2O2. The van der Waals surface area contributed by atoms with Crippen molar-refractivity contribution in [3.8, 4) is 0 Å². The summed E-state index contributed by atoms with van der Waals surface area (Å²) in [5.41, 5.74) is 5.27. The Morgan fingerprint density at radius 2 is 2.31 bits per heavy atom. The molecule has 2 aliphatic rings. The molecule has 0 aromatic carbocycles. The maximum Gasteiger partial charge on any atom is 0.220 e. The first-order valence-electron chi connectivity index (χ1n) is 4.91. The summed E-state index contributed by atoms with van der Waals surface area (Å²) in [5.74, 6) is -0.145. The Kier molecular flexibility index (Phi) is 2.51. The number of hydrogen-bond donors (Lipinski definition) is 2. The zero-order valence-corrected chi connectivity index (χ0v) is 7.66. The summed E-state index contributed by atoms with van der Waals surface area (Å²) < 4.78 is 5.59. The van der Waals surface area contributed by atoms with E-state index in [4.69, 9.17) is 10.5 Å². The molecule has 3 atom stereocenters. The van der Waals surface area contributed by atoms with Gasteiger partial charge in [-0.2, -0.15) is 0 Å². The fraction of sp³-hybridized carbons (Fsp3) is 0.889. The lowest BCUT2D eigenvalue weighted by molar-refractivity contribution is -0.126. The molecule has 74 valence electrons. The summed E-state index contributed by atoms with van der Waals surface area (Å²) in [4.78, 5) is 11.0. The topological polar surface area (TPSA) is 64.4 Å². The van der Waals surface area contributed by atoms with E-state index in [9.17, 15) is 4.79 Å². The highest BCUT2D eigenvalue weighted by Crippen LogP contribution is 2.27. The lowest BCUT2D eigenvalue weighted by Crippen LogP contribution is -2.52. The molecule has 1 aliphatic heterocycles. The van der Waals surface area contributed by atoms with Gasteiger partial charge in [0.25, 0.3) is 0 Å². The maximum atomic E-state index is 11.0. The Morgan fingerprint density at radius 3 is 3.08 bits per heavy atom. The molecule has 1 heterocycles. The van der Waals surface area contributed by atoms with Gasteiger partial charge in [0, 0.05) is 18.5 Å². The van der Waals surface area contributed by atoms with Crippen molar-refractivity contribution in [1.82, 2.24) is 5.32 Å². The molecule has 0 spiro atoms. The van der Waals surface area contributed by atoms with E-state index in [1.165, 1.54) is 0 Å². The molecule has 2 rings (SSSR count). The van der Waals surface area contributed by atoms with Crippen LogP contribution in [0.3, 0.4) is 0 Å². The second kappa shape index (κ2) is 3.64. The van der Waals surface area contributed by atoms with Gasteiger partial charge in [-0.3, -0.25) is 4.79 Å². The summed E-state index contributed by atoms with van der Waals surface area (Å²) in [5, 5.41) is 3.40. The van der Waals surface area contributed by atoms with Gasteiger partial charge in [0.15, 0.2) is 0 Å². The minimum atomic E-state index is -0.173. The molecule has 13 heavy (non-hydrogen) atoms. The summed E-state index contributed by atoms with van der Waals surface area (Å²) in [7, 11) is 0. The highest BCUT2D eigenvalue weighted by atomic mass is 16.5. The van der Waals surface area contributed by atoms with E-state index in [0.29, 0.717) is 6.04 Å². The van der Waals surface area contributed by atoms with Crippen LogP contribution in [0.2, 0.25) is 0 Å². The van der Waals surface area contributed by atoms with Gasteiger partial charge < -0.3 is 15.8 Å². The number of carbonyl (C=O) groups is 1. The minimum Gasteiger partial charge on any atom is -0.375 e. The first-order chi connectivity index (χ1) is 6.27. The van der Waals surface area contributed by atoms with Gasteiger partial charge in [0.05, 0.1) is 12.7 Å². The summed E-state index contributed by atoms with van der Waals surface area (Å²) >= 11 is 0. The third-order valence-corrected chi connectivity index (χ3v) is 3.03. The van der Waals surface area contributed by atoms with E-state index in [-0.39, 0.29) is 17.9 Å². The van der Waals surface area contributed by atoms with Crippen LogP contribution in [0.4, 0.5) is 0 Å². The number of rotatable bonds is 1. The van der Waals surface area contributed by atoms with Crippen LogP contribution in [0.1, 0.15) is 19.3 Å². The molecule has 4 nitrogen and oxygen atoms in total. The smallest absolute Gasteiger partial charge is 0.220 e. The number of amides is 1. The number of carbonyl (C=O) groups excluding carboxylic acids is 1. The molecule has 4 heteroatoms. The highest BCUT2D eigenvalue weighted by molar-refractivity contribution is 5.76. The van der Waals surface area contributed by atoms with Crippen molar-refractivity contribution >= 4 is 5.91 Å². The molecule has 0 bridgehead atoms. The van der Waals surface area contributed by atoms with E-state index < -0.39 is 0 Å². The summed E-state index contributed by atoms with van der Waals surface area (Å²) in [6.07, 6.45) is 2.93. The molecule has 2 fully saturated rings. The number of primary amides is 1. The third-order valence-electron chi connectivity index (χ3n) is 3.03. The zero-order chi connectivity index (χ0) is 9.26. The molecule has 0 aromatic heterocycles. The Hall–Kier alpha value is -0.610. The monoisotopic (exact) mass is 184 g/mol. The van der Waals surface area contributed by atoms with Crippen molar-refractivity contribution in [3.63, 3.8) is 0 Å². The molecule has 1 amide bonds. The highest BCUT2D eigenvalue weighted by Gasteiger charge is 2.34. The fourth-order valence-corrected chi connectivity index (χ4v) is 2.26. The van der Waals surface area contributed by atoms with Crippen molar-refractivity contribution in [2.75, 3.05) is 13.2 Å². The van der Waals surface area contributed by atoms with Gasteiger partial charge in [0.1, 0.15) is 0 Å². The Balaban J connectivity index is 1.95. The lowest BCUT2D eigenvalue weighted by atomic mass is 9.83. The lowest BCUT2D eigenvalue weighted by Gasteiger charge is -2.38. The van der Waals surface area contributed by atoms with Crippen molar-refractivity contribution < 1.29 is 9.53 Å². The van der Waals surface area contributed by atoms with Crippen LogP contribution >= 0.6 is 0 Å². The van der Waals surface area contributed by atoms with Gasteiger partial charge >= 0.3 is 0 Å². The molecule has 3 unspecified atom stereocenters. The number of hydrogen-bond acceptors (Lipinski definition) is 3. The van der Waals surface area contributed by atoms with Crippen LogP contribution in [0.25, 0.3) is 0 Å². The van der Waals surface area contributed by atoms with Crippen LogP contribution in [-0.4, -0.2) is 31.2 Å². The van der Waals surface area contributed by atoms with E-state index in [0.717, 1.165) is 32.4 Å². The third kappa shape index (κ3) is 1.84. The van der Waals surface area contributed by atoms with Crippen LogP contribution in [-0.2, 0) is 9.53 Å². The van der Waals surface area contributed by atoms with Crippen LogP contribution in [0.5, 0.6) is 0 Å². The average molecular weight is 184 g/mol. The quantitative estimate of drug-likeness (QED) is 0.584.